The number of nitrogens with one attached hydrogen (secondary N) is 1. The zero-order valence-corrected chi connectivity index (χ0v) is 19.2. The number of aryl methyl sites for hydroxylation is 1. The first-order valence-electron chi connectivity index (χ1n) is 9.90. The van der Waals surface area contributed by atoms with Crippen molar-refractivity contribution in [3.8, 4) is 0 Å². The van der Waals surface area contributed by atoms with Crippen LogP contribution in [0.2, 0.25) is 0 Å². The van der Waals surface area contributed by atoms with Crippen molar-refractivity contribution >= 4 is 27.7 Å². The molecular weight excluding hydrogens is 420 g/mol. The maximum atomic E-state index is 12.8. The molecule has 1 aliphatic rings. The number of hydrogen-bond donors (Lipinski definition) is 1. The lowest BCUT2D eigenvalue weighted by molar-refractivity contribution is -0.120. The van der Waals surface area contributed by atoms with Gasteiger partial charge in [-0.2, -0.15) is 4.31 Å². The molecule has 9 heteroatoms. The number of piperazine rings is 1. The molecule has 30 heavy (non-hydrogen) atoms. The molecule has 0 bridgehead atoms. The summed E-state index contributed by atoms with van der Waals surface area (Å²) in [5, 5.41) is 3.20. The van der Waals surface area contributed by atoms with Crippen LogP contribution < -0.4 is 5.32 Å². The number of sulfonamides is 1. The Hall–Kier alpha value is -1.94. The van der Waals surface area contributed by atoms with Crippen molar-refractivity contribution in [2.75, 3.05) is 33.2 Å². The first-order chi connectivity index (χ1) is 14.3. The molecule has 3 rings (SSSR count). The molecule has 1 saturated heterocycles. The average Bonchev–Trinajstić information content (AvgIpc) is 2.74. The van der Waals surface area contributed by atoms with Crippen molar-refractivity contribution in [2.45, 2.75) is 35.6 Å². The first-order valence-corrected chi connectivity index (χ1v) is 12.2. The van der Waals surface area contributed by atoms with Gasteiger partial charge in [-0.25, -0.2) is 13.4 Å². The van der Waals surface area contributed by atoms with E-state index >= 15 is 0 Å². The highest BCUT2D eigenvalue weighted by atomic mass is 32.2. The fourth-order valence-electron chi connectivity index (χ4n) is 3.04. The number of pyridine rings is 1. The van der Waals surface area contributed by atoms with E-state index in [1.54, 1.807) is 12.1 Å². The zero-order valence-electron chi connectivity index (χ0n) is 17.5. The SMILES string of the molecule is Cc1ccc(CNC(=O)C(C)Sc2ccc(S(=O)(=O)N3CCN(C)CC3)cn2)cc1. The topological polar surface area (TPSA) is 82.6 Å². The van der Waals surface area contributed by atoms with Crippen molar-refractivity contribution in [3.63, 3.8) is 0 Å². The van der Waals surface area contributed by atoms with Crippen molar-refractivity contribution < 1.29 is 13.2 Å². The molecule has 1 amide bonds. The van der Waals surface area contributed by atoms with Gasteiger partial charge in [0.2, 0.25) is 15.9 Å². The van der Waals surface area contributed by atoms with E-state index in [9.17, 15) is 13.2 Å². The molecule has 1 aliphatic heterocycles. The van der Waals surface area contributed by atoms with Crippen LogP contribution in [-0.4, -0.2) is 67.0 Å². The number of benzene rings is 1. The van der Waals surface area contributed by atoms with Gasteiger partial charge in [0.15, 0.2) is 0 Å². The van der Waals surface area contributed by atoms with E-state index in [1.165, 1.54) is 27.8 Å². The Kier molecular flexibility index (Phi) is 7.51. The summed E-state index contributed by atoms with van der Waals surface area (Å²) >= 11 is 1.31. The maximum absolute atomic E-state index is 12.8. The Bertz CT molecular complexity index is 955. The molecule has 0 spiro atoms. The third-order valence-corrected chi connectivity index (χ3v) is 8.00. The number of likely N-dealkylation sites (N-methyl/N-ethyl adjacent to an activating group) is 1. The normalized spacial score (nSPS) is 16.9. The minimum absolute atomic E-state index is 0.0866. The number of rotatable bonds is 7. The molecule has 1 atom stereocenters. The van der Waals surface area contributed by atoms with Gasteiger partial charge in [0.25, 0.3) is 0 Å². The maximum Gasteiger partial charge on any atom is 0.244 e. The predicted octanol–water partition coefficient (Wildman–Crippen LogP) is 2.12. The fraction of sp³-hybridized carbons (Fsp3) is 0.429. The molecule has 1 N–H and O–H groups in total. The largest absolute Gasteiger partial charge is 0.351 e. The van der Waals surface area contributed by atoms with Gasteiger partial charge in [-0.05, 0) is 38.6 Å². The fourth-order valence-corrected chi connectivity index (χ4v) is 5.22. The van der Waals surface area contributed by atoms with Crippen LogP contribution in [0.25, 0.3) is 0 Å². The smallest absolute Gasteiger partial charge is 0.244 e. The summed E-state index contributed by atoms with van der Waals surface area (Å²) in [4.78, 5) is 18.9. The Morgan fingerprint density at radius 1 is 1.13 bits per heavy atom. The summed E-state index contributed by atoms with van der Waals surface area (Å²) in [5.74, 6) is -0.0866. The van der Waals surface area contributed by atoms with Crippen LogP contribution in [0.15, 0.2) is 52.5 Å². The van der Waals surface area contributed by atoms with Gasteiger partial charge < -0.3 is 10.2 Å². The van der Waals surface area contributed by atoms with E-state index in [0.717, 1.165) is 18.7 Å². The number of carbonyl (C=O) groups excluding carboxylic acids is 1. The molecule has 0 radical (unpaired) electrons. The number of hydrogen-bond acceptors (Lipinski definition) is 6. The second-order valence-electron chi connectivity index (χ2n) is 7.50. The molecule has 2 heterocycles. The molecule has 1 unspecified atom stereocenters. The van der Waals surface area contributed by atoms with Gasteiger partial charge in [0, 0.05) is 38.9 Å². The molecular formula is C21H28N4O3S2. The number of nitrogens with zero attached hydrogens (tertiary/aromatic N) is 3. The van der Waals surface area contributed by atoms with Crippen LogP contribution in [0.3, 0.4) is 0 Å². The number of amides is 1. The van der Waals surface area contributed by atoms with Crippen molar-refractivity contribution in [3.05, 3.63) is 53.7 Å². The summed E-state index contributed by atoms with van der Waals surface area (Å²) in [6, 6.07) is 11.3. The molecule has 0 saturated carbocycles. The highest BCUT2D eigenvalue weighted by molar-refractivity contribution is 8.00. The number of thioether (sulfide) groups is 1. The molecule has 2 aromatic rings. The monoisotopic (exact) mass is 448 g/mol. The summed E-state index contributed by atoms with van der Waals surface area (Å²) in [6.07, 6.45) is 1.38. The van der Waals surface area contributed by atoms with Crippen LogP contribution in [0, 0.1) is 6.92 Å². The highest BCUT2D eigenvalue weighted by Crippen LogP contribution is 2.24. The standard InChI is InChI=1S/C21H28N4O3S2/c1-16-4-6-18(7-5-16)14-23-21(26)17(2)29-20-9-8-19(15-22-20)30(27,28)25-12-10-24(3)11-13-25/h4-9,15,17H,10-14H2,1-3H3,(H,23,26). The van der Waals surface area contributed by atoms with E-state index in [-0.39, 0.29) is 16.1 Å². The first kappa shape index (κ1) is 22.7. The molecule has 0 aliphatic carbocycles. The Labute approximate surface area is 182 Å². The second kappa shape index (κ2) is 9.91. The Balaban J connectivity index is 1.55. The number of carbonyl (C=O) groups is 1. The molecule has 7 nitrogen and oxygen atoms in total. The van der Waals surface area contributed by atoms with Crippen LogP contribution in [-0.2, 0) is 21.4 Å². The van der Waals surface area contributed by atoms with Crippen molar-refractivity contribution in [1.82, 2.24) is 19.5 Å². The van der Waals surface area contributed by atoms with Crippen LogP contribution >= 0.6 is 11.8 Å². The summed E-state index contributed by atoms with van der Waals surface area (Å²) < 4.78 is 27.0. The lowest BCUT2D eigenvalue weighted by Gasteiger charge is -2.31. The minimum atomic E-state index is -3.53. The quantitative estimate of drug-likeness (QED) is 0.654. The van der Waals surface area contributed by atoms with Gasteiger partial charge in [0.05, 0.1) is 10.3 Å². The third-order valence-electron chi connectivity index (χ3n) is 5.06. The van der Waals surface area contributed by atoms with Crippen molar-refractivity contribution in [1.29, 1.82) is 0 Å². The highest BCUT2D eigenvalue weighted by Gasteiger charge is 2.27. The van der Waals surface area contributed by atoms with Gasteiger partial charge in [-0.1, -0.05) is 41.6 Å². The van der Waals surface area contributed by atoms with Gasteiger partial charge in [0.1, 0.15) is 4.90 Å². The summed E-state index contributed by atoms with van der Waals surface area (Å²) in [6.45, 7) is 6.70. The molecule has 1 fully saturated rings. The molecule has 1 aromatic heterocycles. The van der Waals surface area contributed by atoms with E-state index in [1.807, 2.05) is 45.2 Å². The predicted molar refractivity (Wildman–Crippen MR) is 119 cm³/mol. The number of aromatic nitrogens is 1. The summed E-state index contributed by atoms with van der Waals surface area (Å²) in [7, 11) is -1.55. The van der Waals surface area contributed by atoms with E-state index in [4.69, 9.17) is 0 Å². The molecule has 162 valence electrons. The lowest BCUT2D eigenvalue weighted by atomic mass is 10.1. The van der Waals surface area contributed by atoms with Crippen LogP contribution in [0.1, 0.15) is 18.1 Å². The van der Waals surface area contributed by atoms with E-state index in [2.05, 4.69) is 15.2 Å². The Morgan fingerprint density at radius 2 is 1.80 bits per heavy atom. The lowest BCUT2D eigenvalue weighted by Crippen LogP contribution is -2.47. The Morgan fingerprint density at radius 3 is 2.40 bits per heavy atom. The van der Waals surface area contributed by atoms with Gasteiger partial charge in [-0.15, -0.1) is 0 Å². The van der Waals surface area contributed by atoms with Gasteiger partial charge >= 0.3 is 0 Å². The second-order valence-corrected chi connectivity index (χ2v) is 10.8. The average molecular weight is 449 g/mol. The van der Waals surface area contributed by atoms with E-state index in [0.29, 0.717) is 24.7 Å². The van der Waals surface area contributed by atoms with Crippen molar-refractivity contribution in [2.24, 2.45) is 0 Å². The summed E-state index contributed by atoms with van der Waals surface area (Å²) in [5.41, 5.74) is 2.22. The molecule has 1 aromatic carbocycles. The third kappa shape index (κ3) is 5.81. The minimum Gasteiger partial charge on any atom is -0.351 e. The van der Waals surface area contributed by atoms with Crippen LogP contribution in [0.4, 0.5) is 0 Å². The van der Waals surface area contributed by atoms with Crippen LogP contribution in [0.5, 0.6) is 0 Å². The zero-order chi connectivity index (χ0) is 21.7. The van der Waals surface area contributed by atoms with E-state index < -0.39 is 10.0 Å². The van der Waals surface area contributed by atoms with Gasteiger partial charge in [-0.3, -0.25) is 4.79 Å².